The van der Waals surface area contributed by atoms with Crippen LogP contribution >= 0.6 is 27.5 Å². The number of nitrogens with zero attached hydrogens (tertiary/aromatic N) is 2. The zero-order chi connectivity index (χ0) is 22.0. The molecule has 0 bridgehead atoms. The van der Waals surface area contributed by atoms with Crippen LogP contribution in [0, 0.1) is 11.8 Å². The first-order valence-electron chi connectivity index (χ1n) is 10.7. The number of hydrogen-bond donors (Lipinski definition) is 0. The molecule has 4 nitrogen and oxygen atoms in total. The molecule has 160 valence electrons. The van der Waals surface area contributed by atoms with E-state index >= 15 is 0 Å². The first-order valence-corrected chi connectivity index (χ1v) is 11.9. The lowest BCUT2D eigenvalue weighted by atomic mass is 9.84. The Labute approximate surface area is 199 Å². The van der Waals surface area contributed by atoms with E-state index in [0.717, 1.165) is 23.0 Å². The van der Waals surface area contributed by atoms with Crippen LogP contribution in [0.5, 0.6) is 0 Å². The summed E-state index contributed by atoms with van der Waals surface area (Å²) in [5.74, 6) is -0.983. The summed E-state index contributed by atoms with van der Waals surface area (Å²) in [6.07, 6.45) is 0.776. The predicted octanol–water partition coefficient (Wildman–Crippen LogP) is 5.39. The second kappa shape index (κ2) is 7.55. The number of rotatable bonds is 2. The van der Waals surface area contributed by atoms with E-state index in [-0.39, 0.29) is 29.8 Å². The van der Waals surface area contributed by atoms with Crippen molar-refractivity contribution in [3.8, 4) is 0 Å². The number of amides is 2. The maximum Gasteiger partial charge on any atom is 0.239 e. The summed E-state index contributed by atoms with van der Waals surface area (Å²) in [5.41, 5.74) is 4.22. The Balaban J connectivity index is 1.47. The van der Waals surface area contributed by atoms with Crippen LogP contribution in [0.15, 0.2) is 77.3 Å². The van der Waals surface area contributed by atoms with Crippen molar-refractivity contribution < 1.29 is 9.59 Å². The molecule has 0 saturated carbocycles. The van der Waals surface area contributed by atoms with E-state index < -0.39 is 5.92 Å². The van der Waals surface area contributed by atoms with Crippen molar-refractivity contribution in [2.45, 2.75) is 25.0 Å². The van der Waals surface area contributed by atoms with Crippen LogP contribution in [0.2, 0.25) is 5.02 Å². The van der Waals surface area contributed by atoms with Gasteiger partial charge in [0.1, 0.15) is 0 Å². The van der Waals surface area contributed by atoms with Gasteiger partial charge in [-0.2, -0.15) is 0 Å². The molecule has 3 heterocycles. The number of anilines is 1. The standard InChI is InChI=1S/C26H20BrClN2O2/c27-18-7-5-15(6-8-18)24-23-22(21-13-16-3-1-2-4-17(16)14-29(21)24)25(31)30(26(23)32)20-11-9-19(28)10-12-20/h1-12,21-24H,13-14H2/t21-,22-,23-,24-/m0/s1. The molecule has 32 heavy (non-hydrogen) atoms. The lowest BCUT2D eigenvalue weighted by Crippen LogP contribution is -2.44. The summed E-state index contributed by atoms with van der Waals surface area (Å²) in [7, 11) is 0. The van der Waals surface area contributed by atoms with Crippen molar-refractivity contribution in [2.75, 3.05) is 4.90 Å². The van der Waals surface area contributed by atoms with Crippen molar-refractivity contribution >= 4 is 45.0 Å². The molecular formula is C26H20BrClN2O2. The van der Waals surface area contributed by atoms with Crippen molar-refractivity contribution in [3.05, 3.63) is 99.0 Å². The van der Waals surface area contributed by atoms with Gasteiger partial charge in [0.25, 0.3) is 0 Å². The van der Waals surface area contributed by atoms with E-state index in [2.05, 4.69) is 57.2 Å². The minimum Gasteiger partial charge on any atom is -0.287 e. The molecule has 0 spiro atoms. The van der Waals surface area contributed by atoms with E-state index in [0.29, 0.717) is 10.7 Å². The number of fused-ring (bicyclic) bond motifs is 4. The molecule has 2 amide bonds. The number of hydrogen-bond acceptors (Lipinski definition) is 3. The lowest BCUT2D eigenvalue weighted by molar-refractivity contribution is -0.124. The largest absolute Gasteiger partial charge is 0.287 e. The molecule has 0 unspecified atom stereocenters. The first-order chi connectivity index (χ1) is 15.5. The van der Waals surface area contributed by atoms with Gasteiger partial charge in [-0.1, -0.05) is 63.9 Å². The normalized spacial score (nSPS) is 26.8. The Morgan fingerprint density at radius 3 is 2.19 bits per heavy atom. The molecule has 2 fully saturated rings. The van der Waals surface area contributed by atoms with Gasteiger partial charge in [0.2, 0.25) is 11.8 Å². The van der Waals surface area contributed by atoms with E-state index in [1.807, 2.05) is 12.1 Å². The monoisotopic (exact) mass is 506 g/mol. The molecule has 4 atom stereocenters. The molecular weight excluding hydrogens is 488 g/mol. The quantitative estimate of drug-likeness (QED) is 0.437. The smallest absolute Gasteiger partial charge is 0.239 e. The fourth-order valence-corrected chi connectivity index (χ4v) is 6.15. The summed E-state index contributed by atoms with van der Waals surface area (Å²) < 4.78 is 0.993. The second-order valence-electron chi connectivity index (χ2n) is 8.75. The van der Waals surface area contributed by atoms with Crippen LogP contribution in [0.1, 0.15) is 22.7 Å². The van der Waals surface area contributed by atoms with E-state index in [1.54, 1.807) is 24.3 Å². The van der Waals surface area contributed by atoms with Gasteiger partial charge in [-0.3, -0.25) is 14.5 Å². The van der Waals surface area contributed by atoms with Crippen LogP contribution in [0.3, 0.4) is 0 Å². The summed E-state index contributed by atoms with van der Waals surface area (Å²) in [4.78, 5) is 31.3. The molecule has 3 aromatic carbocycles. The van der Waals surface area contributed by atoms with Gasteiger partial charge >= 0.3 is 0 Å². The Morgan fingerprint density at radius 2 is 1.47 bits per heavy atom. The highest BCUT2D eigenvalue weighted by Gasteiger charge is 2.63. The predicted molar refractivity (Wildman–Crippen MR) is 127 cm³/mol. The average molecular weight is 508 g/mol. The Kier molecular flexibility index (Phi) is 4.75. The highest BCUT2D eigenvalue weighted by molar-refractivity contribution is 9.10. The van der Waals surface area contributed by atoms with E-state index in [4.69, 9.17) is 11.6 Å². The molecule has 6 rings (SSSR count). The van der Waals surface area contributed by atoms with Crippen molar-refractivity contribution in [2.24, 2.45) is 11.8 Å². The zero-order valence-electron chi connectivity index (χ0n) is 17.1. The molecule has 6 heteroatoms. The van der Waals surface area contributed by atoms with Crippen LogP contribution in [0.25, 0.3) is 0 Å². The fourth-order valence-electron chi connectivity index (χ4n) is 5.76. The van der Waals surface area contributed by atoms with Crippen LogP contribution in [-0.4, -0.2) is 22.8 Å². The number of carbonyl (C=O) groups excluding carboxylic acids is 2. The minimum atomic E-state index is -0.404. The van der Waals surface area contributed by atoms with Crippen LogP contribution < -0.4 is 4.90 Å². The number of carbonyl (C=O) groups is 2. The third-order valence-electron chi connectivity index (χ3n) is 7.13. The number of halogens is 2. The molecule has 3 aliphatic heterocycles. The van der Waals surface area contributed by atoms with Crippen LogP contribution in [-0.2, 0) is 22.6 Å². The summed E-state index contributed by atoms with van der Waals surface area (Å²) in [5, 5.41) is 0.579. The highest BCUT2D eigenvalue weighted by atomic mass is 79.9. The Morgan fingerprint density at radius 1 is 0.812 bits per heavy atom. The molecule has 3 aliphatic rings. The van der Waals surface area contributed by atoms with Gasteiger partial charge in [0.15, 0.2) is 0 Å². The summed E-state index contributed by atoms with van der Waals surface area (Å²) in [6, 6.07) is 23.4. The van der Waals surface area contributed by atoms with E-state index in [1.165, 1.54) is 16.0 Å². The third kappa shape index (κ3) is 2.99. The second-order valence-corrected chi connectivity index (χ2v) is 10.1. The lowest BCUT2D eigenvalue weighted by Gasteiger charge is -2.38. The number of imide groups is 1. The van der Waals surface area contributed by atoms with Crippen LogP contribution in [0.4, 0.5) is 5.69 Å². The number of benzene rings is 3. The average Bonchev–Trinajstić information content (AvgIpc) is 3.26. The van der Waals surface area contributed by atoms with Crippen molar-refractivity contribution in [1.82, 2.24) is 4.90 Å². The van der Waals surface area contributed by atoms with Gasteiger partial charge in [0, 0.05) is 28.1 Å². The molecule has 2 saturated heterocycles. The molecule has 0 N–H and O–H groups in total. The minimum absolute atomic E-state index is 0.00250. The molecule has 3 aromatic rings. The van der Waals surface area contributed by atoms with Gasteiger partial charge in [-0.05, 0) is 59.5 Å². The van der Waals surface area contributed by atoms with Gasteiger partial charge in [0.05, 0.1) is 17.5 Å². The SMILES string of the molecule is O=C1[C@@H]2[C@H](C(=O)N1c1ccc(Cl)cc1)[C@H](c1ccc(Br)cc1)N1Cc3ccccc3C[C@@H]21. The Hall–Kier alpha value is -2.47. The molecule has 0 aromatic heterocycles. The van der Waals surface area contributed by atoms with Crippen molar-refractivity contribution in [1.29, 1.82) is 0 Å². The van der Waals surface area contributed by atoms with Gasteiger partial charge in [-0.25, -0.2) is 4.90 Å². The maximum atomic E-state index is 13.8. The van der Waals surface area contributed by atoms with Gasteiger partial charge < -0.3 is 0 Å². The van der Waals surface area contributed by atoms with Gasteiger partial charge in [-0.15, -0.1) is 0 Å². The third-order valence-corrected chi connectivity index (χ3v) is 7.91. The zero-order valence-corrected chi connectivity index (χ0v) is 19.5. The van der Waals surface area contributed by atoms with Crippen molar-refractivity contribution in [3.63, 3.8) is 0 Å². The molecule has 0 aliphatic carbocycles. The fraction of sp³-hybridized carbons (Fsp3) is 0.231. The van der Waals surface area contributed by atoms with E-state index in [9.17, 15) is 9.59 Å². The summed E-state index contributed by atoms with van der Waals surface area (Å²) in [6.45, 7) is 0.746. The Bertz CT molecular complexity index is 1230. The molecule has 0 radical (unpaired) electrons. The first kappa shape index (κ1) is 20.2. The summed E-state index contributed by atoms with van der Waals surface area (Å²) >= 11 is 9.56. The highest BCUT2D eigenvalue weighted by Crippen LogP contribution is 2.53. The maximum absolute atomic E-state index is 13.8. The topological polar surface area (TPSA) is 40.6 Å².